The lowest BCUT2D eigenvalue weighted by Crippen LogP contribution is -2.45. The zero-order chi connectivity index (χ0) is 25.7. The van der Waals surface area contributed by atoms with Gasteiger partial charge >= 0.3 is 0 Å². The second-order valence-corrected chi connectivity index (χ2v) is 9.08. The first-order valence-electron chi connectivity index (χ1n) is 12.6. The molecule has 2 aliphatic rings. The zero-order valence-corrected chi connectivity index (χ0v) is 21.2. The highest BCUT2D eigenvalue weighted by Crippen LogP contribution is 2.42. The molecule has 1 fully saturated rings. The molecule has 8 nitrogen and oxygen atoms in total. The van der Waals surface area contributed by atoms with Gasteiger partial charge in [-0.15, -0.1) is 0 Å². The number of amidine groups is 1. The Morgan fingerprint density at radius 1 is 1.06 bits per heavy atom. The molecular weight excluding hydrogens is 458 g/mol. The number of unbranched alkanes of at least 4 members (excludes halogenated alkanes) is 1. The number of para-hydroxylation sites is 1. The van der Waals surface area contributed by atoms with Crippen LogP contribution in [-0.4, -0.2) is 48.9 Å². The number of methoxy groups -OCH3 is 2. The third-order valence-corrected chi connectivity index (χ3v) is 6.72. The summed E-state index contributed by atoms with van der Waals surface area (Å²) in [5.41, 5.74) is 2.70. The fraction of sp³-hybridized carbons (Fsp3) is 0.429. The van der Waals surface area contributed by atoms with Crippen molar-refractivity contribution in [3.05, 3.63) is 59.5 Å². The molecule has 192 valence electrons. The van der Waals surface area contributed by atoms with Gasteiger partial charge in [0.15, 0.2) is 6.23 Å². The number of amides is 1. The smallest absolute Gasteiger partial charge is 0.226 e. The Bertz CT molecular complexity index is 1120. The Balaban J connectivity index is 1.66. The minimum atomic E-state index is -1.16. The number of hydrogen-bond acceptors (Lipinski definition) is 7. The van der Waals surface area contributed by atoms with Crippen molar-refractivity contribution >= 4 is 23.1 Å². The Labute approximate surface area is 212 Å². The molecule has 2 N–H and O–H groups in total. The fourth-order valence-electron chi connectivity index (χ4n) is 4.75. The van der Waals surface area contributed by atoms with E-state index in [0.29, 0.717) is 47.9 Å². The monoisotopic (exact) mass is 493 g/mol. The maximum atomic E-state index is 12.3. The summed E-state index contributed by atoms with van der Waals surface area (Å²) in [5, 5.41) is 22.5. The Kier molecular flexibility index (Phi) is 8.15. The number of aliphatic hydroxyl groups excluding tert-OH is 2. The van der Waals surface area contributed by atoms with Gasteiger partial charge in [0.1, 0.15) is 23.0 Å². The number of hydrogen-bond donors (Lipinski definition) is 2. The number of ether oxygens (including phenoxy) is 2. The number of aliphatic hydroxyl groups is 2. The lowest BCUT2D eigenvalue weighted by atomic mass is 10.00. The summed E-state index contributed by atoms with van der Waals surface area (Å²) >= 11 is 0. The minimum absolute atomic E-state index is 0.146. The molecule has 0 spiro atoms. The highest BCUT2D eigenvalue weighted by Gasteiger charge is 2.35. The van der Waals surface area contributed by atoms with E-state index < -0.39 is 6.23 Å². The molecule has 0 aromatic heterocycles. The van der Waals surface area contributed by atoms with E-state index in [4.69, 9.17) is 9.47 Å². The summed E-state index contributed by atoms with van der Waals surface area (Å²) in [4.78, 5) is 20.3. The van der Waals surface area contributed by atoms with Gasteiger partial charge in [0.25, 0.3) is 0 Å². The second kappa shape index (κ2) is 11.5. The first-order chi connectivity index (χ1) is 17.5. The van der Waals surface area contributed by atoms with Crippen LogP contribution in [0.3, 0.4) is 0 Å². The Morgan fingerprint density at radius 2 is 1.75 bits per heavy atom. The van der Waals surface area contributed by atoms with Crippen molar-refractivity contribution in [3.63, 3.8) is 0 Å². The third-order valence-electron chi connectivity index (χ3n) is 6.72. The summed E-state index contributed by atoms with van der Waals surface area (Å²) in [7, 11) is 3.14. The minimum Gasteiger partial charge on any atom is -0.494 e. The molecule has 2 aromatic rings. The average Bonchev–Trinajstić information content (AvgIpc) is 2.90. The zero-order valence-electron chi connectivity index (χ0n) is 21.2. The second-order valence-electron chi connectivity index (χ2n) is 9.08. The number of benzene rings is 2. The number of aliphatic imine (C=N–C) groups is 1. The van der Waals surface area contributed by atoms with Crippen LogP contribution >= 0.6 is 0 Å². The molecule has 1 atom stereocenters. The van der Waals surface area contributed by atoms with E-state index in [1.807, 2.05) is 35.2 Å². The topological polar surface area (TPSA) is 94.8 Å². The van der Waals surface area contributed by atoms with Gasteiger partial charge in [0.05, 0.1) is 14.2 Å². The van der Waals surface area contributed by atoms with Crippen LogP contribution in [0, 0.1) is 0 Å². The molecule has 36 heavy (non-hydrogen) atoms. The number of piperidine rings is 1. The summed E-state index contributed by atoms with van der Waals surface area (Å²) < 4.78 is 11.2. The maximum absolute atomic E-state index is 12.3. The predicted molar refractivity (Wildman–Crippen MR) is 141 cm³/mol. The van der Waals surface area contributed by atoms with Crippen LogP contribution in [-0.2, 0) is 11.2 Å². The molecule has 0 bridgehead atoms. The lowest BCUT2D eigenvalue weighted by Gasteiger charge is -2.37. The van der Waals surface area contributed by atoms with Crippen LogP contribution in [0.2, 0.25) is 0 Å². The molecule has 8 heteroatoms. The van der Waals surface area contributed by atoms with Gasteiger partial charge in [-0.25, -0.2) is 4.99 Å². The van der Waals surface area contributed by atoms with Gasteiger partial charge in [-0.3, -0.25) is 9.69 Å². The van der Waals surface area contributed by atoms with E-state index in [0.717, 1.165) is 43.5 Å². The van der Waals surface area contributed by atoms with E-state index in [9.17, 15) is 15.0 Å². The fourth-order valence-corrected chi connectivity index (χ4v) is 4.75. The molecule has 2 heterocycles. The van der Waals surface area contributed by atoms with Crippen LogP contribution in [0.1, 0.15) is 51.0 Å². The molecular formula is C28H35N3O5. The number of carbonyl (C=O) groups is 1. The van der Waals surface area contributed by atoms with Crippen LogP contribution in [0.15, 0.2) is 58.9 Å². The Hall–Kier alpha value is -3.52. The molecule has 2 aromatic carbocycles. The van der Waals surface area contributed by atoms with Crippen molar-refractivity contribution in [3.8, 4) is 11.5 Å². The molecule has 2 aliphatic heterocycles. The number of rotatable bonds is 9. The van der Waals surface area contributed by atoms with Gasteiger partial charge in [-0.05, 0) is 49.1 Å². The SMILES string of the molecule is CCCCC1=NC(O)=C(Cc2ccc(N3CCCCC3=O)cc2)C(O)N1c1c(OC)cccc1OC. The number of nitrogens with zero attached hydrogens (tertiary/aromatic N) is 3. The van der Waals surface area contributed by atoms with Gasteiger partial charge in [0.2, 0.25) is 11.8 Å². The van der Waals surface area contributed by atoms with Crippen molar-refractivity contribution in [1.29, 1.82) is 0 Å². The van der Waals surface area contributed by atoms with Gasteiger partial charge in [0, 0.05) is 37.1 Å². The summed E-state index contributed by atoms with van der Waals surface area (Å²) in [5.74, 6) is 1.59. The average molecular weight is 494 g/mol. The van der Waals surface area contributed by atoms with Crippen molar-refractivity contribution < 1.29 is 24.5 Å². The van der Waals surface area contributed by atoms with Crippen LogP contribution in [0.4, 0.5) is 11.4 Å². The molecule has 1 unspecified atom stereocenters. The van der Waals surface area contributed by atoms with Crippen molar-refractivity contribution in [1.82, 2.24) is 0 Å². The first kappa shape index (κ1) is 25.6. The number of anilines is 2. The molecule has 0 saturated carbocycles. The molecule has 1 amide bonds. The standard InChI is InChI=1S/C28H35N3O5/c1-4-5-11-24-29-27(33)21(28(34)31(24)26-22(35-2)9-8-10-23(26)36-3)18-19-13-15-20(16-14-19)30-17-7-6-12-25(30)32/h8-10,13-16,28,33-34H,4-7,11-12,17-18H2,1-3H3. The molecule has 1 saturated heterocycles. The molecule has 0 aliphatic carbocycles. The highest BCUT2D eigenvalue weighted by atomic mass is 16.5. The predicted octanol–water partition coefficient (Wildman–Crippen LogP) is 4.96. The van der Waals surface area contributed by atoms with Gasteiger partial charge < -0.3 is 24.6 Å². The van der Waals surface area contributed by atoms with Gasteiger partial charge in [-0.2, -0.15) is 0 Å². The first-order valence-corrected chi connectivity index (χ1v) is 12.6. The maximum Gasteiger partial charge on any atom is 0.226 e. The summed E-state index contributed by atoms with van der Waals surface area (Å²) in [6.45, 7) is 2.81. The van der Waals surface area contributed by atoms with Gasteiger partial charge in [-0.1, -0.05) is 31.5 Å². The molecule has 4 rings (SSSR count). The summed E-state index contributed by atoms with van der Waals surface area (Å²) in [6, 6.07) is 13.1. The normalized spacial score (nSPS) is 18.4. The van der Waals surface area contributed by atoms with E-state index in [2.05, 4.69) is 11.9 Å². The highest BCUT2D eigenvalue weighted by molar-refractivity contribution is 6.02. The Morgan fingerprint density at radius 3 is 2.36 bits per heavy atom. The summed E-state index contributed by atoms with van der Waals surface area (Å²) in [6.07, 6.45) is 4.00. The van der Waals surface area contributed by atoms with E-state index >= 15 is 0 Å². The molecule has 0 radical (unpaired) electrons. The van der Waals surface area contributed by atoms with Crippen LogP contribution in [0.25, 0.3) is 0 Å². The number of carbonyl (C=O) groups excluding carboxylic acids is 1. The van der Waals surface area contributed by atoms with Crippen LogP contribution in [0.5, 0.6) is 11.5 Å². The van der Waals surface area contributed by atoms with Crippen molar-refractivity contribution in [2.45, 2.75) is 58.1 Å². The largest absolute Gasteiger partial charge is 0.494 e. The van der Waals surface area contributed by atoms with E-state index in [1.165, 1.54) is 0 Å². The quantitative estimate of drug-likeness (QED) is 0.513. The third kappa shape index (κ3) is 5.18. The lowest BCUT2D eigenvalue weighted by molar-refractivity contribution is -0.119. The van der Waals surface area contributed by atoms with Crippen molar-refractivity contribution in [2.75, 3.05) is 30.6 Å². The van der Waals surface area contributed by atoms with E-state index in [1.54, 1.807) is 31.3 Å². The van der Waals surface area contributed by atoms with Crippen LogP contribution < -0.4 is 19.3 Å². The van der Waals surface area contributed by atoms with E-state index in [-0.39, 0.29) is 11.8 Å². The van der Waals surface area contributed by atoms with Crippen molar-refractivity contribution in [2.24, 2.45) is 4.99 Å².